The van der Waals surface area contributed by atoms with E-state index in [1.807, 2.05) is 6.92 Å². The molecule has 0 saturated heterocycles. The number of nitrogen functional groups attached to an aromatic ring is 1. The van der Waals surface area contributed by atoms with E-state index in [0.29, 0.717) is 12.1 Å². The smallest absolute Gasteiger partial charge is 0.188 e. The van der Waals surface area contributed by atoms with E-state index in [4.69, 9.17) is 10.8 Å². The van der Waals surface area contributed by atoms with E-state index in [-0.39, 0.29) is 19.0 Å². The second-order valence-corrected chi connectivity index (χ2v) is 2.84. The van der Waals surface area contributed by atoms with E-state index in [0.717, 1.165) is 6.42 Å². The lowest BCUT2D eigenvalue weighted by atomic mass is 10.2. The first kappa shape index (κ1) is 9.98. The number of nitrogens with zero attached hydrogens (tertiary/aromatic N) is 2. The third-order valence-corrected chi connectivity index (χ3v) is 1.80. The van der Waals surface area contributed by atoms with Crippen LogP contribution < -0.4 is 5.73 Å². The van der Waals surface area contributed by atoms with Gasteiger partial charge in [-0.05, 0) is 6.42 Å². The summed E-state index contributed by atoms with van der Waals surface area (Å²) in [4.78, 5) is 0. The van der Waals surface area contributed by atoms with Gasteiger partial charge in [0, 0.05) is 0 Å². The number of aliphatic hydroxyl groups is 1. The Morgan fingerprint density at radius 2 is 2.31 bits per heavy atom. The van der Waals surface area contributed by atoms with Gasteiger partial charge >= 0.3 is 0 Å². The zero-order valence-corrected chi connectivity index (χ0v) is 7.63. The zero-order chi connectivity index (χ0) is 9.84. The van der Waals surface area contributed by atoms with E-state index in [1.165, 1.54) is 4.68 Å². The summed E-state index contributed by atoms with van der Waals surface area (Å²) in [7, 11) is 0. The van der Waals surface area contributed by atoms with Crippen LogP contribution in [0.3, 0.4) is 0 Å². The van der Waals surface area contributed by atoms with Gasteiger partial charge in [0.05, 0.1) is 13.2 Å². The second-order valence-electron chi connectivity index (χ2n) is 2.84. The molecule has 4 nitrogen and oxygen atoms in total. The molecule has 0 bridgehead atoms. The number of rotatable bonds is 4. The topological polar surface area (TPSA) is 64.1 Å². The highest BCUT2D eigenvalue weighted by atomic mass is 19.1. The van der Waals surface area contributed by atoms with Crippen LogP contribution in [-0.2, 0) is 13.0 Å². The molecule has 0 aliphatic carbocycles. The molecule has 5 heteroatoms. The SMILES string of the molecule is CCCc1nn(CCO)c(N)c1F. The fourth-order valence-electron chi connectivity index (χ4n) is 1.17. The van der Waals surface area contributed by atoms with Crippen molar-refractivity contribution in [3.63, 3.8) is 0 Å². The van der Waals surface area contributed by atoms with E-state index in [9.17, 15) is 4.39 Å². The molecular weight excluding hydrogens is 173 g/mol. The Hall–Kier alpha value is -1.10. The van der Waals surface area contributed by atoms with Gasteiger partial charge in [-0.3, -0.25) is 0 Å². The number of hydrogen-bond donors (Lipinski definition) is 2. The molecule has 0 aromatic carbocycles. The molecule has 0 amide bonds. The van der Waals surface area contributed by atoms with Gasteiger partial charge in [0.2, 0.25) is 0 Å². The highest BCUT2D eigenvalue weighted by molar-refractivity contribution is 5.33. The van der Waals surface area contributed by atoms with Crippen LogP contribution in [0.4, 0.5) is 10.2 Å². The first-order valence-electron chi connectivity index (χ1n) is 4.32. The van der Waals surface area contributed by atoms with Crippen LogP contribution in [0.25, 0.3) is 0 Å². The molecule has 0 saturated carbocycles. The number of aryl methyl sites for hydroxylation is 1. The van der Waals surface area contributed by atoms with E-state index in [1.54, 1.807) is 0 Å². The van der Waals surface area contributed by atoms with Gasteiger partial charge in [0.25, 0.3) is 0 Å². The van der Waals surface area contributed by atoms with Crippen LogP contribution in [0.1, 0.15) is 19.0 Å². The molecule has 1 rings (SSSR count). The molecule has 0 aliphatic rings. The van der Waals surface area contributed by atoms with Crippen LogP contribution in [0.15, 0.2) is 0 Å². The molecule has 74 valence electrons. The molecule has 1 heterocycles. The monoisotopic (exact) mass is 187 g/mol. The molecule has 0 atom stereocenters. The number of aliphatic hydroxyl groups excluding tert-OH is 1. The summed E-state index contributed by atoms with van der Waals surface area (Å²) in [6, 6.07) is 0. The van der Waals surface area contributed by atoms with Crippen molar-refractivity contribution in [2.24, 2.45) is 0 Å². The van der Waals surface area contributed by atoms with Crippen LogP contribution in [0.5, 0.6) is 0 Å². The van der Waals surface area contributed by atoms with E-state index >= 15 is 0 Å². The molecule has 1 aromatic heterocycles. The van der Waals surface area contributed by atoms with Gasteiger partial charge in [0.15, 0.2) is 11.6 Å². The normalized spacial score (nSPS) is 10.7. The lowest BCUT2D eigenvalue weighted by Gasteiger charge is -1.98. The van der Waals surface area contributed by atoms with Gasteiger partial charge in [-0.2, -0.15) is 5.10 Å². The predicted molar refractivity (Wildman–Crippen MR) is 47.7 cm³/mol. The average Bonchev–Trinajstić information content (AvgIpc) is 2.36. The Kier molecular flexibility index (Phi) is 3.25. The third kappa shape index (κ3) is 1.98. The number of hydrogen-bond acceptors (Lipinski definition) is 3. The fraction of sp³-hybridized carbons (Fsp3) is 0.625. The molecule has 0 radical (unpaired) electrons. The van der Waals surface area contributed by atoms with Gasteiger partial charge in [-0.25, -0.2) is 9.07 Å². The summed E-state index contributed by atoms with van der Waals surface area (Å²) in [5, 5.41) is 12.6. The summed E-state index contributed by atoms with van der Waals surface area (Å²) in [6.07, 6.45) is 1.40. The summed E-state index contributed by atoms with van der Waals surface area (Å²) >= 11 is 0. The van der Waals surface area contributed by atoms with Crippen molar-refractivity contribution in [3.05, 3.63) is 11.5 Å². The Labute approximate surface area is 76.2 Å². The quantitative estimate of drug-likeness (QED) is 0.723. The van der Waals surface area contributed by atoms with Gasteiger partial charge in [0.1, 0.15) is 5.69 Å². The molecule has 1 aromatic rings. The van der Waals surface area contributed by atoms with Crippen molar-refractivity contribution in [1.82, 2.24) is 9.78 Å². The Morgan fingerprint density at radius 3 is 2.85 bits per heavy atom. The van der Waals surface area contributed by atoms with Gasteiger partial charge in [-0.1, -0.05) is 13.3 Å². The molecule has 0 aliphatic heterocycles. The maximum atomic E-state index is 13.2. The summed E-state index contributed by atoms with van der Waals surface area (Å²) in [6.45, 7) is 2.10. The van der Waals surface area contributed by atoms with Crippen molar-refractivity contribution in [2.45, 2.75) is 26.3 Å². The average molecular weight is 187 g/mol. The molecule has 0 spiro atoms. The van der Waals surface area contributed by atoms with Crippen LogP contribution >= 0.6 is 0 Å². The molecular formula is C8H14FN3O. The maximum absolute atomic E-state index is 13.2. The molecule has 3 N–H and O–H groups in total. The van der Waals surface area contributed by atoms with Crippen molar-refractivity contribution in [3.8, 4) is 0 Å². The molecule has 0 unspecified atom stereocenters. The van der Waals surface area contributed by atoms with Crippen LogP contribution in [-0.4, -0.2) is 21.5 Å². The van der Waals surface area contributed by atoms with E-state index < -0.39 is 5.82 Å². The number of nitrogens with two attached hydrogens (primary N) is 1. The summed E-state index contributed by atoms with van der Waals surface area (Å²) in [5.74, 6) is -0.437. The standard InChI is InChI=1S/C8H14FN3O/c1-2-3-6-7(9)8(10)12(11-6)4-5-13/h13H,2-5,10H2,1H3. The summed E-state index contributed by atoms with van der Waals surface area (Å²) < 4.78 is 14.5. The highest BCUT2D eigenvalue weighted by Gasteiger charge is 2.13. The predicted octanol–water partition coefficient (Wildman–Crippen LogP) is 0.549. The lowest BCUT2D eigenvalue weighted by Crippen LogP contribution is -2.08. The minimum Gasteiger partial charge on any atom is -0.394 e. The Morgan fingerprint density at radius 1 is 1.62 bits per heavy atom. The Bertz CT molecular complexity index is 259. The van der Waals surface area contributed by atoms with Gasteiger partial charge in [-0.15, -0.1) is 0 Å². The Balaban J connectivity index is 2.90. The fourth-order valence-corrected chi connectivity index (χ4v) is 1.17. The largest absolute Gasteiger partial charge is 0.394 e. The number of halogens is 1. The number of anilines is 1. The molecule has 13 heavy (non-hydrogen) atoms. The minimum absolute atomic E-state index is 0.0116. The maximum Gasteiger partial charge on any atom is 0.188 e. The van der Waals surface area contributed by atoms with Crippen molar-refractivity contribution in [1.29, 1.82) is 0 Å². The van der Waals surface area contributed by atoms with Crippen molar-refractivity contribution < 1.29 is 9.50 Å². The lowest BCUT2D eigenvalue weighted by molar-refractivity contribution is 0.270. The van der Waals surface area contributed by atoms with Crippen molar-refractivity contribution >= 4 is 5.82 Å². The minimum atomic E-state index is -0.449. The zero-order valence-electron chi connectivity index (χ0n) is 7.63. The third-order valence-electron chi connectivity index (χ3n) is 1.80. The number of aromatic nitrogens is 2. The van der Waals surface area contributed by atoms with Crippen LogP contribution in [0, 0.1) is 5.82 Å². The van der Waals surface area contributed by atoms with Crippen LogP contribution in [0.2, 0.25) is 0 Å². The second kappa shape index (κ2) is 4.23. The molecule has 0 fully saturated rings. The highest BCUT2D eigenvalue weighted by Crippen LogP contribution is 2.15. The van der Waals surface area contributed by atoms with Gasteiger partial charge < -0.3 is 10.8 Å². The van der Waals surface area contributed by atoms with Crippen molar-refractivity contribution in [2.75, 3.05) is 12.3 Å². The van der Waals surface area contributed by atoms with E-state index in [2.05, 4.69) is 5.10 Å². The summed E-state index contributed by atoms with van der Waals surface area (Å²) in [5.41, 5.74) is 5.82. The first-order valence-corrected chi connectivity index (χ1v) is 4.32. The first-order chi connectivity index (χ1) is 6.20.